The lowest BCUT2D eigenvalue weighted by atomic mass is 10.2. The summed E-state index contributed by atoms with van der Waals surface area (Å²) in [5.74, 6) is -1.27. The minimum Gasteiger partial charge on any atom is -0.464 e. The number of ether oxygens (including phenoxy) is 1. The van der Waals surface area contributed by atoms with Gasteiger partial charge in [-0.2, -0.15) is 0 Å². The van der Waals surface area contributed by atoms with Crippen LogP contribution in [-0.4, -0.2) is 42.8 Å². The minimum absolute atomic E-state index is 0.0831. The van der Waals surface area contributed by atoms with E-state index in [4.69, 9.17) is 10.8 Å². The number of aliphatic hydroxyl groups is 1. The van der Waals surface area contributed by atoms with Gasteiger partial charge in [-0.3, -0.25) is 4.79 Å². The molecule has 0 fully saturated rings. The van der Waals surface area contributed by atoms with Crippen molar-refractivity contribution in [2.75, 3.05) is 19.8 Å². The topological polar surface area (TPSA) is 102 Å². The van der Waals surface area contributed by atoms with Gasteiger partial charge in [0.15, 0.2) is 6.04 Å². The Labute approximate surface area is 88.8 Å². The Hall–Kier alpha value is -1.14. The van der Waals surface area contributed by atoms with E-state index in [1.807, 2.05) is 0 Å². The number of nitrogens with two attached hydrogens (primary N) is 1. The van der Waals surface area contributed by atoms with E-state index in [9.17, 15) is 9.59 Å². The van der Waals surface area contributed by atoms with Crippen molar-refractivity contribution in [2.24, 2.45) is 5.73 Å². The number of hydrogen-bond acceptors (Lipinski definition) is 5. The molecule has 0 aliphatic rings. The second-order valence-corrected chi connectivity index (χ2v) is 2.95. The Balaban J connectivity index is 3.73. The second-order valence-electron chi connectivity index (χ2n) is 2.95. The third kappa shape index (κ3) is 6.03. The first-order valence-corrected chi connectivity index (χ1v) is 4.94. The van der Waals surface area contributed by atoms with Crippen molar-refractivity contribution in [2.45, 2.75) is 25.8 Å². The van der Waals surface area contributed by atoms with Crippen LogP contribution in [0.5, 0.6) is 0 Å². The Morgan fingerprint density at radius 1 is 1.47 bits per heavy atom. The van der Waals surface area contributed by atoms with E-state index in [1.54, 1.807) is 6.92 Å². The summed E-state index contributed by atoms with van der Waals surface area (Å²) in [4.78, 5) is 22.2. The van der Waals surface area contributed by atoms with Crippen LogP contribution in [0.3, 0.4) is 0 Å². The van der Waals surface area contributed by atoms with Crippen LogP contribution in [0.1, 0.15) is 19.8 Å². The van der Waals surface area contributed by atoms with Crippen LogP contribution in [0.2, 0.25) is 0 Å². The summed E-state index contributed by atoms with van der Waals surface area (Å²) >= 11 is 0. The monoisotopic (exact) mass is 218 g/mol. The van der Waals surface area contributed by atoms with Gasteiger partial charge in [-0.05, 0) is 19.8 Å². The van der Waals surface area contributed by atoms with Crippen LogP contribution in [0, 0.1) is 0 Å². The molecule has 15 heavy (non-hydrogen) atoms. The number of carbonyl (C=O) groups is 2. The quantitative estimate of drug-likeness (QED) is 0.282. The van der Waals surface area contributed by atoms with Crippen molar-refractivity contribution in [3.8, 4) is 0 Å². The minimum atomic E-state index is -1.26. The molecule has 0 rings (SSSR count). The van der Waals surface area contributed by atoms with Crippen molar-refractivity contribution < 1.29 is 19.4 Å². The Morgan fingerprint density at radius 2 is 2.13 bits per heavy atom. The van der Waals surface area contributed by atoms with E-state index in [0.717, 1.165) is 0 Å². The average molecular weight is 218 g/mol. The molecule has 1 unspecified atom stereocenters. The Kier molecular flexibility index (Phi) is 7.57. The number of rotatable bonds is 7. The van der Waals surface area contributed by atoms with Gasteiger partial charge in [0, 0.05) is 13.2 Å². The zero-order valence-corrected chi connectivity index (χ0v) is 8.86. The largest absolute Gasteiger partial charge is 0.464 e. The highest BCUT2D eigenvalue weighted by atomic mass is 16.5. The molecule has 0 aromatic carbocycles. The van der Waals surface area contributed by atoms with Gasteiger partial charge >= 0.3 is 5.97 Å². The SMILES string of the molecule is CCOC(=O)C(N)C(=O)NCCCCO. The van der Waals surface area contributed by atoms with Gasteiger partial charge in [-0.1, -0.05) is 0 Å². The lowest BCUT2D eigenvalue weighted by Gasteiger charge is -2.10. The van der Waals surface area contributed by atoms with Crippen molar-refractivity contribution in [3.05, 3.63) is 0 Å². The molecular formula is C9H18N2O4. The van der Waals surface area contributed by atoms with E-state index >= 15 is 0 Å². The molecule has 4 N–H and O–H groups in total. The molecule has 6 nitrogen and oxygen atoms in total. The van der Waals surface area contributed by atoms with Crippen LogP contribution in [0.15, 0.2) is 0 Å². The van der Waals surface area contributed by atoms with Crippen LogP contribution in [0.25, 0.3) is 0 Å². The average Bonchev–Trinajstić information content (AvgIpc) is 2.23. The van der Waals surface area contributed by atoms with Crippen LogP contribution in [0.4, 0.5) is 0 Å². The molecule has 6 heteroatoms. The van der Waals surface area contributed by atoms with Gasteiger partial charge in [0.25, 0.3) is 0 Å². The maximum atomic E-state index is 11.2. The standard InChI is InChI=1S/C9H18N2O4/c1-2-15-9(14)7(10)8(13)11-5-3-4-6-12/h7,12H,2-6,10H2,1H3,(H,11,13). The molecule has 0 aromatic rings. The number of hydrogen-bond donors (Lipinski definition) is 3. The zero-order chi connectivity index (χ0) is 11.7. The van der Waals surface area contributed by atoms with Crippen LogP contribution in [-0.2, 0) is 14.3 Å². The van der Waals surface area contributed by atoms with Crippen molar-refractivity contribution in [1.82, 2.24) is 5.32 Å². The maximum Gasteiger partial charge on any atom is 0.332 e. The summed E-state index contributed by atoms with van der Waals surface area (Å²) in [6, 6.07) is -1.26. The lowest BCUT2D eigenvalue weighted by molar-refractivity contribution is -0.147. The molecule has 0 radical (unpaired) electrons. The highest BCUT2D eigenvalue weighted by Crippen LogP contribution is 1.88. The second kappa shape index (κ2) is 8.19. The molecular weight excluding hydrogens is 200 g/mol. The molecule has 0 heterocycles. The van der Waals surface area contributed by atoms with Gasteiger partial charge in [0.05, 0.1) is 6.61 Å². The molecule has 0 bridgehead atoms. The van der Waals surface area contributed by atoms with Crippen molar-refractivity contribution in [3.63, 3.8) is 0 Å². The molecule has 1 atom stereocenters. The van der Waals surface area contributed by atoms with E-state index < -0.39 is 17.9 Å². The number of unbranched alkanes of at least 4 members (excludes halogenated alkanes) is 1. The van der Waals surface area contributed by atoms with E-state index in [-0.39, 0.29) is 13.2 Å². The van der Waals surface area contributed by atoms with Crippen molar-refractivity contribution in [1.29, 1.82) is 0 Å². The molecule has 0 saturated heterocycles. The number of carbonyl (C=O) groups excluding carboxylic acids is 2. The molecule has 88 valence electrons. The fourth-order valence-electron chi connectivity index (χ4n) is 0.897. The number of amides is 1. The third-order valence-corrected chi connectivity index (χ3v) is 1.71. The van der Waals surface area contributed by atoms with E-state index in [2.05, 4.69) is 10.1 Å². The lowest BCUT2D eigenvalue weighted by Crippen LogP contribution is -2.47. The molecule has 0 aromatic heterocycles. The van der Waals surface area contributed by atoms with Gasteiger partial charge in [0.2, 0.25) is 5.91 Å². The highest BCUT2D eigenvalue weighted by molar-refractivity contribution is 6.01. The zero-order valence-electron chi connectivity index (χ0n) is 8.86. The van der Waals surface area contributed by atoms with Crippen LogP contribution < -0.4 is 11.1 Å². The highest BCUT2D eigenvalue weighted by Gasteiger charge is 2.22. The van der Waals surface area contributed by atoms with Gasteiger partial charge in [-0.15, -0.1) is 0 Å². The summed E-state index contributed by atoms with van der Waals surface area (Å²) in [7, 11) is 0. The van der Waals surface area contributed by atoms with Crippen LogP contribution >= 0.6 is 0 Å². The van der Waals surface area contributed by atoms with Crippen molar-refractivity contribution >= 4 is 11.9 Å². The Morgan fingerprint density at radius 3 is 2.67 bits per heavy atom. The number of nitrogens with one attached hydrogen (secondary N) is 1. The number of esters is 1. The summed E-state index contributed by atoms with van der Waals surface area (Å²) in [5.41, 5.74) is 5.33. The van der Waals surface area contributed by atoms with Gasteiger partial charge < -0.3 is 20.9 Å². The predicted octanol–water partition coefficient (Wildman–Crippen LogP) is -1.23. The first-order chi connectivity index (χ1) is 7.13. The predicted molar refractivity (Wildman–Crippen MR) is 53.9 cm³/mol. The Bertz CT molecular complexity index is 208. The van der Waals surface area contributed by atoms with Gasteiger partial charge in [-0.25, -0.2) is 4.79 Å². The summed E-state index contributed by atoms with van der Waals surface area (Å²) < 4.78 is 4.59. The third-order valence-electron chi connectivity index (χ3n) is 1.71. The van der Waals surface area contributed by atoms with E-state index in [1.165, 1.54) is 0 Å². The summed E-state index contributed by atoms with van der Waals surface area (Å²) in [5, 5.41) is 11.0. The fraction of sp³-hybridized carbons (Fsp3) is 0.778. The first-order valence-electron chi connectivity index (χ1n) is 4.94. The molecule has 0 aliphatic heterocycles. The molecule has 0 spiro atoms. The molecule has 0 saturated carbocycles. The van der Waals surface area contributed by atoms with E-state index in [0.29, 0.717) is 19.4 Å². The number of aliphatic hydroxyl groups excluding tert-OH is 1. The summed E-state index contributed by atoms with van der Waals surface area (Å²) in [6.45, 7) is 2.32. The van der Waals surface area contributed by atoms with Gasteiger partial charge in [0.1, 0.15) is 0 Å². The molecule has 1 amide bonds. The smallest absolute Gasteiger partial charge is 0.332 e. The first kappa shape index (κ1) is 13.9. The molecule has 0 aliphatic carbocycles. The maximum absolute atomic E-state index is 11.2. The fourth-order valence-corrected chi connectivity index (χ4v) is 0.897. The summed E-state index contributed by atoms with van der Waals surface area (Å²) in [6.07, 6.45) is 1.26. The normalized spacial score (nSPS) is 11.9.